The first-order valence-corrected chi connectivity index (χ1v) is 6.30. The van der Waals surface area contributed by atoms with Gasteiger partial charge in [0.15, 0.2) is 0 Å². The zero-order valence-electron chi connectivity index (χ0n) is 11.0. The summed E-state index contributed by atoms with van der Waals surface area (Å²) in [5.41, 5.74) is 1.11. The second kappa shape index (κ2) is 7.82. The van der Waals surface area contributed by atoms with Gasteiger partial charge in [0.2, 0.25) is 5.91 Å². The second-order valence-electron chi connectivity index (χ2n) is 4.46. The van der Waals surface area contributed by atoms with Gasteiger partial charge in [-0.3, -0.25) is 4.79 Å². The lowest BCUT2D eigenvalue weighted by molar-refractivity contribution is -0.120. The summed E-state index contributed by atoms with van der Waals surface area (Å²) in [7, 11) is 1.65. The predicted molar refractivity (Wildman–Crippen MR) is 70.9 cm³/mol. The molecule has 0 saturated heterocycles. The van der Waals surface area contributed by atoms with E-state index in [1.165, 1.54) is 12.1 Å². The Hall–Kier alpha value is -1.42. The highest BCUT2D eigenvalue weighted by molar-refractivity contribution is 5.75. The van der Waals surface area contributed by atoms with E-state index in [-0.39, 0.29) is 11.7 Å². The number of halogens is 1. The molecule has 4 heteroatoms. The highest BCUT2D eigenvalue weighted by Gasteiger charge is 2.04. The fourth-order valence-corrected chi connectivity index (χ4v) is 1.77. The van der Waals surface area contributed by atoms with Crippen LogP contribution >= 0.6 is 0 Å². The Morgan fingerprint density at radius 3 is 2.61 bits per heavy atom. The topological polar surface area (TPSA) is 41.1 Å². The fraction of sp³-hybridized carbons (Fsp3) is 0.500. The molecule has 0 saturated carbocycles. The first kappa shape index (κ1) is 14.6. The van der Waals surface area contributed by atoms with Crippen molar-refractivity contribution in [3.63, 3.8) is 0 Å². The zero-order valence-corrected chi connectivity index (χ0v) is 11.0. The number of amides is 1. The summed E-state index contributed by atoms with van der Waals surface area (Å²) in [6.45, 7) is 2.90. The molecule has 0 aromatic heterocycles. The maximum Gasteiger partial charge on any atom is 0.219 e. The van der Waals surface area contributed by atoms with E-state index >= 15 is 0 Å². The van der Waals surface area contributed by atoms with Crippen molar-refractivity contribution in [3.8, 4) is 0 Å². The Bertz CT molecular complexity index is 365. The van der Waals surface area contributed by atoms with Crippen LogP contribution in [0.1, 0.15) is 25.3 Å². The minimum absolute atomic E-state index is 0.0722. The molecule has 0 heterocycles. The molecule has 0 fully saturated rings. The number of carbonyl (C=O) groups is 1. The van der Waals surface area contributed by atoms with Gasteiger partial charge in [0.05, 0.1) is 0 Å². The lowest BCUT2D eigenvalue weighted by atomic mass is 10.1. The van der Waals surface area contributed by atoms with Gasteiger partial charge in [0.25, 0.3) is 0 Å². The monoisotopic (exact) mass is 252 g/mol. The lowest BCUT2D eigenvalue weighted by Crippen LogP contribution is -2.30. The Morgan fingerprint density at radius 1 is 1.33 bits per heavy atom. The maximum atomic E-state index is 12.7. The largest absolute Gasteiger partial charge is 0.359 e. The lowest BCUT2D eigenvalue weighted by Gasteiger charge is -2.13. The molecule has 0 bridgehead atoms. The van der Waals surface area contributed by atoms with Crippen molar-refractivity contribution >= 4 is 5.91 Å². The normalized spacial score (nSPS) is 12.2. The maximum absolute atomic E-state index is 12.7. The van der Waals surface area contributed by atoms with Crippen molar-refractivity contribution in [2.24, 2.45) is 0 Å². The molecule has 0 unspecified atom stereocenters. The minimum atomic E-state index is -0.204. The van der Waals surface area contributed by atoms with E-state index in [1.807, 2.05) is 0 Å². The molecular weight excluding hydrogens is 231 g/mol. The van der Waals surface area contributed by atoms with Crippen molar-refractivity contribution in [3.05, 3.63) is 35.6 Å². The van der Waals surface area contributed by atoms with Crippen LogP contribution in [0.3, 0.4) is 0 Å². The molecule has 0 aliphatic heterocycles. The Morgan fingerprint density at radius 2 is 2.00 bits per heavy atom. The van der Waals surface area contributed by atoms with Crippen LogP contribution in [-0.4, -0.2) is 25.5 Å². The average molecular weight is 252 g/mol. The van der Waals surface area contributed by atoms with Crippen molar-refractivity contribution in [2.75, 3.05) is 13.6 Å². The van der Waals surface area contributed by atoms with Gasteiger partial charge in [-0.15, -0.1) is 0 Å². The van der Waals surface area contributed by atoms with E-state index in [0.29, 0.717) is 12.5 Å². The van der Waals surface area contributed by atoms with Gasteiger partial charge >= 0.3 is 0 Å². The number of rotatable bonds is 7. The molecule has 1 amide bonds. The number of carbonyl (C=O) groups excluding carboxylic acids is 1. The minimum Gasteiger partial charge on any atom is -0.359 e. The molecule has 0 aliphatic rings. The SMILES string of the molecule is CNC(=O)CCCN[C@H](C)Cc1ccc(F)cc1. The summed E-state index contributed by atoms with van der Waals surface area (Å²) < 4.78 is 12.7. The molecular formula is C14H21FN2O. The highest BCUT2D eigenvalue weighted by Crippen LogP contribution is 2.05. The standard InChI is InChI=1S/C14H21FN2O/c1-11(17-9-3-4-14(18)16-2)10-12-5-7-13(15)8-6-12/h5-8,11,17H,3-4,9-10H2,1-2H3,(H,16,18)/t11-/m1/s1. The molecule has 1 atom stereocenters. The number of hydrogen-bond donors (Lipinski definition) is 2. The van der Waals surface area contributed by atoms with E-state index in [0.717, 1.165) is 24.9 Å². The molecule has 0 radical (unpaired) electrons. The molecule has 2 N–H and O–H groups in total. The van der Waals surface area contributed by atoms with Crippen LogP contribution in [0.2, 0.25) is 0 Å². The van der Waals surface area contributed by atoms with Crippen molar-refractivity contribution in [1.29, 1.82) is 0 Å². The third-order valence-electron chi connectivity index (χ3n) is 2.81. The highest BCUT2D eigenvalue weighted by atomic mass is 19.1. The predicted octanol–water partition coefficient (Wildman–Crippen LogP) is 1.87. The van der Waals surface area contributed by atoms with E-state index in [9.17, 15) is 9.18 Å². The van der Waals surface area contributed by atoms with Gasteiger partial charge in [-0.1, -0.05) is 12.1 Å². The summed E-state index contributed by atoms with van der Waals surface area (Å²) >= 11 is 0. The van der Waals surface area contributed by atoms with E-state index < -0.39 is 0 Å². The van der Waals surface area contributed by atoms with Crippen molar-refractivity contribution < 1.29 is 9.18 Å². The quantitative estimate of drug-likeness (QED) is 0.727. The van der Waals surface area contributed by atoms with Crippen molar-refractivity contribution in [1.82, 2.24) is 10.6 Å². The smallest absolute Gasteiger partial charge is 0.219 e. The number of benzene rings is 1. The second-order valence-corrected chi connectivity index (χ2v) is 4.46. The van der Waals surface area contributed by atoms with Crippen LogP contribution in [0.5, 0.6) is 0 Å². The third kappa shape index (κ3) is 5.77. The summed E-state index contributed by atoms with van der Waals surface area (Å²) in [6.07, 6.45) is 2.24. The number of nitrogens with one attached hydrogen (secondary N) is 2. The van der Waals surface area contributed by atoms with Crippen LogP contribution in [-0.2, 0) is 11.2 Å². The molecule has 0 spiro atoms. The average Bonchev–Trinajstić information content (AvgIpc) is 2.37. The Balaban J connectivity index is 2.19. The fourth-order valence-electron chi connectivity index (χ4n) is 1.77. The van der Waals surface area contributed by atoms with Crippen molar-refractivity contribution in [2.45, 2.75) is 32.2 Å². The van der Waals surface area contributed by atoms with E-state index in [1.54, 1.807) is 19.2 Å². The van der Waals surface area contributed by atoms with E-state index in [4.69, 9.17) is 0 Å². The molecule has 18 heavy (non-hydrogen) atoms. The summed E-state index contributed by atoms with van der Waals surface area (Å²) in [6, 6.07) is 6.89. The zero-order chi connectivity index (χ0) is 13.4. The molecule has 1 aromatic carbocycles. The van der Waals surface area contributed by atoms with Crippen LogP contribution in [0, 0.1) is 5.82 Å². The van der Waals surface area contributed by atoms with Gasteiger partial charge in [0.1, 0.15) is 5.82 Å². The summed E-state index contributed by atoms with van der Waals surface area (Å²) in [4.78, 5) is 11.0. The first-order valence-electron chi connectivity index (χ1n) is 6.30. The van der Waals surface area contributed by atoms with Gasteiger partial charge in [-0.25, -0.2) is 4.39 Å². The van der Waals surface area contributed by atoms with Crippen LogP contribution in [0.25, 0.3) is 0 Å². The van der Waals surface area contributed by atoms with Crippen LogP contribution < -0.4 is 10.6 Å². The summed E-state index contributed by atoms with van der Waals surface area (Å²) in [5, 5.41) is 5.95. The molecule has 3 nitrogen and oxygen atoms in total. The van der Waals surface area contributed by atoms with Gasteiger partial charge < -0.3 is 10.6 Å². The Labute approximate surface area is 108 Å². The Kier molecular flexibility index (Phi) is 6.36. The molecule has 1 rings (SSSR count). The molecule has 1 aromatic rings. The molecule has 100 valence electrons. The van der Waals surface area contributed by atoms with Crippen LogP contribution in [0.15, 0.2) is 24.3 Å². The van der Waals surface area contributed by atoms with Gasteiger partial charge in [0, 0.05) is 19.5 Å². The van der Waals surface area contributed by atoms with Gasteiger partial charge in [-0.05, 0) is 44.0 Å². The van der Waals surface area contributed by atoms with E-state index in [2.05, 4.69) is 17.6 Å². The molecule has 0 aliphatic carbocycles. The van der Waals surface area contributed by atoms with Gasteiger partial charge in [-0.2, -0.15) is 0 Å². The van der Waals surface area contributed by atoms with Crippen LogP contribution in [0.4, 0.5) is 4.39 Å². The third-order valence-corrected chi connectivity index (χ3v) is 2.81. The first-order chi connectivity index (χ1) is 8.61. The summed E-state index contributed by atoms with van der Waals surface area (Å²) in [5.74, 6) is -0.132. The number of hydrogen-bond acceptors (Lipinski definition) is 2.